The number of hydrogen-bond acceptors (Lipinski definition) is 5. The molecule has 0 saturated heterocycles. The van der Waals surface area contributed by atoms with Crippen LogP contribution in [0.15, 0.2) is 71.6 Å². The Hall–Kier alpha value is -2.32. The van der Waals surface area contributed by atoms with Gasteiger partial charge >= 0.3 is 0 Å². The van der Waals surface area contributed by atoms with Gasteiger partial charge in [-0.1, -0.05) is 42.5 Å². The molecule has 0 spiro atoms. The van der Waals surface area contributed by atoms with Gasteiger partial charge in [-0.2, -0.15) is 0 Å². The lowest BCUT2D eigenvalue weighted by Crippen LogP contribution is -2.22. The quantitative estimate of drug-likeness (QED) is 0.594. The summed E-state index contributed by atoms with van der Waals surface area (Å²) >= 11 is 1.36. The summed E-state index contributed by atoms with van der Waals surface area (Å²) in [4.78, 5) is 12.9. The molecule has 0 aliphatic carbocycles. The summed E-state index contributed by atoms with van der Waals surface area (Å²) in [5.74, 6) is -0.116. The highest BCUT2D eigenvalue weighted by molar-refractivity contribution is 7.89. The fraction of sp³-hybridized carbons (Fsp3) is 0.150. The number of carbonyl (C=O) groups excluding carboxylic acids is 1. The molecule has 5 nitrogen and oxygen atoms in total. The number of carbonyl (C=O) groups is 1. The van der Waals surface area contributed by atoms with Gasteiger partial charge in [-0.25, -0.2) is 13.1 Å². The highest BCUT2D eigenvalue weighted by atomic mass is 32.2. The molecule has 0 fully saturated rings. The molecule has 140 valence electrons. The summed E-state index contributed by atoms with van der Waals surface area (Å²) in [7, 11) is -3.68. The van der Waals surface area contributed by atoms with Crippen molar-refractivity contribution in [2.24, 2.45) is 0 Å². The molecule has 0 aliphatic rings. The maximum absolute atomic E-state index is 12.4. The molecule has 1 unspecified atom stereocenters. The van der Waals surface area contributed by atoms with E-state index in [-0.39, 0.29) is 17.2 Å². The summed E-state index contributed by atoms with van der Waals surface area (Å²) in [6.45, 7) is 1.56. The lowest BCUT2D eigenvalue weighted by molar-refractivity contribution is 0.101. The molecular formula is C20H19NO4S2. The van der Waals surface area contributed by atoms with Crippen LogP contribution in [0.5, 0.6) is 0 Å². The van der Waals surface area contributed by atoms with Crippen LogP contribution in [0.2, 0.25) is 0 Å². The number of aliphatic hydroxyl groups is 1. The largest absolute Gasteiger partial charge is 0.383 e. The maximum Gasteiger partial charge on any atom is 0.240 e. The zero-order valence-electron chi connectivity index (χ0n) is 14.6. The van der Waals surface area contributed by atoms with Crippen LogP contribution in [0.25, 0.3) is 0 Å². The van der Waals surface area contributed by atoms with Crippen molar-refractivity contribution < 1.29 is 18.3 Å². The van der Waals surface area contributed by atoms with E-state index in [1.807, 2.05) is 30.3 Å². The molecule has 3 aromatic rings. The topological polar surface area (TPSA) is 83.5 Å². The van der Waals surface area contributed by atoms with Crippen LogP contribution in [0.1, 0.15) is 38.7 Å². The van der Waals surface area contributed by atoms with E-state index in [4.69, 9.17) is 0 Å². The van der Waals surface area contributed by atoms with Crippen LogP contribution in [-0.2, 0) is 16.6 Å². The lowest BCUT2D eigenvalue weighted by Gasteiger charge is -2.08. The van der Waals surface area contributed by atoms with Gasteiger partial charge in [0.25, 0.3) is 0 Å². The molecule has 3 rings (SSSR count). The van der Waals surface area contributed by atoms with Crippen molar-refractivity contribution in [2.45, 2.75) is 24.5 Å². The average Bonchev–Trinajstić information content (AvgIpc) is 3.16. The Morgan fingerprint density at radius 1 is 1.04 bits per heavy atom. The van der Waals surface area contributed by atoms with Gasteiger partial charge in [-0.15, -0.1) is 11.3 Å². The molecule has 0 radical (unpaired) electrons. The number of hydrogen-bond donors (Lipinski definition) is 2. The fourth-order valence-corrected chi connectivity index (χ4v) is 4.62. The Morgan fingerprint density at radius 3 is 2.33 bits per heavy atom. The van der Waals surface area contributed by atoms with Crippen LogP contribution in [0.4, 0.5) is 0 Å². The second kappa shape index (κ2) is 8.14. The number of thiophene rings is 1. The molecule has 0 bridgehead atoms. The minimum atomic E-state index is -3.68. The number of ketones is 1. The van der Waals surface area contributed by atoms with Gasteiger partial charge in [-0.05, 0) is 36.8 Å². The van der Waals surface area contributed by atoms with Crippen molar-refractivity contribution in [3.05, 3.63) is 87.6 Å². The number of nitrogens with one attached hydrogen (secondary N) is 1. The summed E-state index contributed by atoms with van der Waals surface area (Å²) in [5, 5.41) is 10.4. The Balaban J connectivity index is 1.68. The second-order valence-electron chi connectivity index (χ2n) is 6.02. The Kier molecular flexibility index (Phi) is 5.86. The van der Waals surface area contributed by atoms with Crippen LogP contribution in [-0.4, -0.2) is 19.3 Å². The first-order valence-corrected chi connectivity index (χ1v) is 10.6. The van der Waals surface area contributed by atoms with E-state index in [0.717, 1.165) is 15.3 Å². The molecule has 1 heterocycles. The summed E-state index contributed by atoms with van der Waals surface area (Å²) in [6, 6.07) is 18.7. The number of sulfonamides is 1. The second-order valence-corrected chi connectivity index (χ2v) is 8.99. The van der Waals surface area contributed by atoms with Crippen molar-refractivity contribution in [1.82, 2.24) is 4.72 Å². The zero-order valence-corrected chi connectivity index (χ0v) is 16.3. The van der Waals surface area contributed by atoms with Gasteiger partial charge in [0.1, 0.15) is 6.10 Å². The van der Waals surface area contributed by atoms with Gasteiger partial charge in [-0.3, -0.25) is 4.79 Å². The van der Waals surface area contributed by atoms with E-state index in [1.165, 1.54) is 42.5 Å². The molecular weight excluding hydrogens is 382 g/mol. The zero-order chi connectivity index (χ0) is 19.4. The molecule has 1 aromatic heterocycles. The molecule has 27 heavy (non-hydrogen) atoms. The van der Waals surface area contributed by atoms with Crippen LogP contribution in [0, 0.1) is 0 Å². The van der Waals surface area contributed by atoms with Crippen molar-refractivity contribution in [1.29, 1.82) is 0 Å². The summed E-state index contributed by atoms with van der Waals surface area (Å²) in [5.41, 5.74) is 1.25. The number of Topliss-reactive ketones (excluding diaryl/α,β-unsaturated/α-hetero) is 1. The van der Waals surface area contributed by atoms with E-state index in [2.05, 4.69) is 4.72 Å². The minimum Gasteiger partial charge on any atom is -0.383 e. The normalized spacial score (nSPS) is 12.7. The van der Waals surface area contributed by atoms with Crippen LogP contribution < -0.4 is 4.72 Å². The van der Waals surface area contributed by atoms with Gasteiger partial charge < -0.3 is 5.11 Å². The third-order valence-electron chi connectivity index (χ3n) is 4.07. The van der Waals surface area contributed by atoms with Crippen molar-refractivity contribution in [2.75, 3.05) is 0 Å². The van der Waals surface area contributed by atoms with Crippen LogP contribution in [0.3, 0.4) is 0 Å². The molecule has 1 atom stereocenters. The SMILES string of the molecule is CC(=O)c1ccc(S(=O)(=O)NCc2ccc(C(O)c3ccccc3)s2)cc1. The molecule has 7 heteroatoms. The highest BCUT2D eigenvalue weighted by Gasteiger charge is 2.16. The first-order valence-electron chi connectivity index (χ1n) is 8.29. The molecule has 0 aliphatic heterocycles. The van der Waals surface area contributed by atoms with Gasteiger partial charge in [0.2, 0.25) is 10.0 Å². The van der Waals surface area contributed by atoms with E-state index in [9.17, 15) is 18.3 Å². The van der Waals surface area contributed by atoms with Crippen molar-refractivity contribution in [3.63, 3.8) is 0 Å². The van der Waals surface area contributed by atoms with Gasteiger partial charge in [0.15, 0.2) is 5.78 Å². The Labute approximate surface area is 162 Å². The average molecular weight is 402 g/mol. The van der Waals surface area contributed by atoms with Crippen LogP contribution >= 0.6 is 11.3 Å². The first-order chi connectivity index (χ1) is 12.9. The smallest absolute Gasteiger partial charge is 0.240 e. The van der Waals surface area contributed by atoms with E-state index < -0.39 is 16.1 Å². The number of benzene rings is 2. The number of rotatable bonds is 7. The predicted molar refractivity (Wildman–Crippen MR) is 105 cm³/mol. The minimum absolute atomic E-state index is 0.105. The molecule has 2 aromatic carbocycles. The maximum atomic E-state index is 12.4. The standard InChI is InChI=1S/C20H19NO4S2/c1-14(22)15-7-10-18(11-8-15)27(24,25)21-13-17-9-12-19(26-17)20(23)16-5-3-2-4-6-16/h2-12,20-21,23H,13H2,1H3. The third kappa shape index (κ3) is 4.70. The predicted octanol–water partition coefficient (Wildman–Crippen LogP) is 3.51. The molecule has 2 N–H and O–H groups in total. The van der Waals surface area contributed by atoms with Crippen molar-refractivity contribution in [3.8, 4) is 0 Å². The molecule has 0 amide bonds. The van der Waals surface area contributed by atoms with Gasteiger partial charge in [0, 0.05) is 21.9 Å². The highest BCUT2D eigenvalue weighted by Crippen LogP contribution is 2.28. The van der Waals surface area contributed by atoms with Crippen molar-refractivity contribution >= 4 is 27.1 Å². The molecule has 0 saturated carbocycles. The Morgan fingerprint density at radius 2 is 1.70 bits per heavy atom. The number of aliphatic hydroxyl groups excluding tert-OH is 1. The summed E-state index contributed by atoms with van der Waals surface area (Å²) in [6.07, 6.45) is -0.735. The van der Waals surface area contributed by atoms with Gasteiger partial charge in [0.05, 0.1) is 4.90 Å². The van der Waals surface area contributed by atoms with E-state index in [1.54, 1.807) is 12.1 Å². The Bertz CT molecular complexity index is 1030. The third-order valence-corrected chi connectivity index (χ3v) is 6.63. The first kappa shape index (κ1) is 19.4. The van der Waals surface area contributed by atoms with E-state index >= 15 is 0 Å². The fourth-order valence-electron chi connectivity index (χ4n) is 2.55. The lowest BCUT2D eigenvalue weighted by atomic mass is 10.1. The monoisotopic (exact) mass is 401 g/mol. The van der Waals surface area contributed by atoms with E-state index in [0.29, 0.717) is 5.56 Å². The summed E-state index contributed by atoms with van der Waals surface area (Å²) < 4.78 is 27.4.